The summed E-state index contributed by atoms with van der Waals surface area (Å²) in [6.45, 7) is 3.70. The molecule has 0 heterocycles. The second kappa shape index (κ2) is 7.41. The Balaban J connectivity index is 2.15. The Morgan fingerprint density at radius 3 is 2.05 bits per heavy atom. The molecular weight excluding hydrogens is 280 g/mol. The van der Waals surface area contributed by atoms with Crippen LogP contribution < -0.4 is 9.47 Å². The highest BCUT2D eigenvalue weighted by Crippen LogP contribution is 2.28. The number of hydrogen-bond acceptors (Lipinski definition) is 4. The molecule has 1 atom stereocenters. The second-order valence-electron chi connectivity index (χ2n) is 4.93. The van der Waals surface area contributed by atoms with Gasteiger partial charge in [0.2, 0.25) is 0 Å². The summed E-state index contributed by atoms with van der Waals surface area (Å²) < 4.78 is 10.6. The highest BCUT2D eigenvalue weighted by atomic mass is 16.6. The van der Waals surface area contributed by atoms with Crippen LogP contribution in [0.1, 0.15) is 30.6 Å². The minimum absolute atomic E-state index is 0.210. The zero-order chi connectivity index (χ0) is 15.9. The van der Waals surface area contributed by atoms with E-state index in [-0.39, 0.29) is 23.4 Å². The van der Waals surface area contributed by atoms with Crippen molar-refractivity contribution in [1.29, 1.82) is 0 Å². The molecule has 0 aromatic heterocycles. The van der Waals surface area contributed by atoms with E-state index in [1.807, 2.05) is 13.0 Å². The van der Waals surface area contributed by atoms with E-state index >= 15 is 0 Å². The van der Waals surface area contributed by atoms with Crippen LogP contribution in [0.2, 0.25) is 0 Å². The van der Waals surface area contributed by atoms with E-state index in [2.05, 4.69) is 0 Å². The van der Waals surface area contributed by atoms with Gasteiger partial charge in [-0.1, -0.05) is 44.2 Å². The SMILES string of the molecule is CCC(C)C(=O)Oc1ccccc1OC(=O)c1ccccc1. The Kier molecular flexibility index (Phi) is 5.31. The maximum atomic E-state index is 12.1. The number of carbonyl (C=O) groups is 2. The molecule has 0 aliphatic carbocycles. The number of hydrogen-bond donors (Lipinski definition) is 0. The summed E-state index contributed by atoms with van der Waals surface area (Å²) >= 11 is 0. The standard InChI is InChI=1S/C18H18O4/c1-3-13(2)17(19)21-15-11-7-8-12-16(15)22-18(20)14-9-5-4-6-10-14/h4-13H,3H2,1-2H3. The molecule has 0 saturated heterocycles. The lowest BCUT2D eigenvalue weighted by Gasteiger charge is -2.12. The molecule has 1 unspecified atom stereocenters. The van der Waals surface area contributed by atoms with Gasteiger partial charge < -0.3 is 9.47 Å². The molecule has 0 saturated carbocycles. The van der Waals surface area contributed by atoms with Gasteiger partial charge in [-0.2, -0.15) is 0 Å². The molecule has 0 fully saturated rings. The first-order valence-corrected chi connectivity index (χ1v) is 7.19. The second-order valence-corrected chi connectivity index (χ2v) is 4.93. The Morgan fingerprint density at radius 1 is 0.909 bits per heavy atom. The third kappa shape index (κ3) is 3.95. The number of benzene rings is 2. The van der Waals surface area contributed by atoms with E-state index in [9.17, 15) is 9.59 Å². The normalized spacial score (nSPS) is 11.5. The molecule has 0 spiro atoms. The Morgan fingerprint density at radius 2 is 1.45 bits per heavy atom. The monoisotopic (exact) mass is 298 g/mol. The zero-order valence-electron chi connectivity index (χ0n) is 12.6. The van der Waals surface area contributed by atoms with E-state index < -0.39 is 5.97 Å². The molecule has 4 heteroatoms. The van der Waals surface area contributed by atoms with Gasteiger partial charge >= 0.3 is 11.9 Å². The minimum atomic E-state index is -0.493. The van der Waals surface area contributed by atoms with Crippen LogP contribution in [0.4, 0.5) is 0 Å². The van der Waals surface area contributed by atoms with Gasteiger partial charge in [0.15, 0.2) is 11.5 Å². The van der Waals surface area contributed by atoms with Crippen LogP contribution in [0.25, 0.3) is 0 Å². The number of esters is 2. The van der Waals surface area contributed by atoms with Crippen molar-refractivity contribution in [2.75, 3.05) is 0 Å². The minimum Gasteiger partial charge on any atom is -0.422 e. The first-order valence-electron chi connectivity index (χ1n) is 7.19. The van der Waals surface area contributed by atoms with E-state index in [0.717, 1.165) is 0 Å². The Labute approximate surface area is 129 Å². The molecule has 114 valence electrons. The van der Waals surface area contributed by atoms with Gasteiger partial charge in [0.25, 0.3) is 0 Å². The summed E-state index contributed by atoms with van der Waals surface area (Å²) in [5, 5.41) is 0. The van der Waals surface area contributed by atoms with Crippen molar-refractivity contribution < 1.29 is 19.1 Å². The molecule has 0 radical (unpaired) electrons. The maximum absolute atomic E-state index is 12.1. The van der Waals surface area contributed by atoms with Gasteiger partial charge in [0.05, 0.1) is 11.5 Å². The number of rotatable bonds is 5. The molecule has 0 amide bonds. The summed E-state index contributed by atoms with van der Waals surface area (Å²) in [6, 6.07) is 15.3. The van der Waals surface area contributed by atoms with Crippen molar-refractivity contribution in [3.63, 3.8) is 0 Å². The first-order chi connectivity index (χ1) is 10.6. The van der Waals surface area contributed by atoms with Crippen molar-refractivity contribution in [2.45, 2.75) is 20.3 Å². The Bertz CT molecular complexity index is 649. The molecule has 2 rings (SSSR count). The third-order valence-electron chi connectivity index (χ3n) is 3.29. The van der Waals surface area contributed by atoms with Crippen molar-refractivity contribution in [3.05, 3.63) is 60.2 Å². The van der Waals surface area contributed by atoms with Gasteiger partial charge in [-0.05, 0) is 30.7 Å². The number of para-hydroxylation sites is 2. The lowest BCUT2D eigenvalue weighted by atomic mass is 10.1. The quantitative estimate of drug-likeness (QED) is 0.621. The highest BCUT2D eigenvalue weighted by Gasteiger charge is 2.17. The van der Waals surface area contributed by atoms with Crippen molar-refractivity contribution in [2.24, 2.45) is 5.92 Å². The maximum Gasteiger partial charge on any atom is 0.343 e. The first kappa shape index (κ1) is 15.8. The van der Waals surface area contributed by atoms with Crippen molar-refractivity contribution in [1.82, 2.24) is 0 Å². The van der Waals surface area contributed by atoms with Crippen LogP contribution in [-0.4, -0.2) is 11.9 Å². The predicted octanol–water partition coefficient (Wildman–Crippen LogP) is 3.86. The molecule has 22 heavy (non-hydrogen) atoms. The van der Waals surface area contributed by atoms with Crippen molar-refractivity contribution in [3.8, 4) is 11.5 Å². The molecule has 4 nitrogen and oxygen atoms in total. The summed E-state index contributed by atoms with van der Waals surface area (Å²) in [4.78, 5) is 24.0. The fourth-order valence-corrected chi connectivity index (χ4v) is 1.73. The molecule has 0 N–H and O–H groups in total. The summed E-state index contributed by atoms with van der Waals surface area (Å²) in [5.41, 5.74) is 0.436. The lowest BCUT2D eigenvalue weighted by molar-refractivity contribution is -0.138. The van der Waals surface area contributed by atoms with E-state index in [1.165, 1.54) is 0 Å². The summed E-state index contributed by atoms with van der Waals surface area (Å²) in [7, 11) is 0. The van der Waals surface area contributed by atoms with Crippen LogP contribution in [0.3, 0.4) is 0 Å². The molecule has 0 aliphatic heterocycles. The zero-order valence-corrected chi connectivity index (χ0v) is 12.6. The van der Waals surface area contributed by atoms with Crippen molar-refractivity contribution >= 4 is 11.9 Å². The average molecular weight is 298 g/mol. The van der Waals surface area contributed by atoms with Gasteiger partial charge in [-0.15, -0.1) is 0 Å². The van der Waals surface area contributed by atoms with Crippen LogP contribution in [0.15, 0.2) is 54.6 Å². The summed E-state index contributed by atoms with van der Waals surface area (Å²) in [6.07, 6.45) is 0.685. The van der Waals surface area contributed by atoms with Crippen LogP contribution in [0.5, 0.6) is 11.5 Å². The van der Waals surface area contributed by atoms with Crippen LogP contribution in [0, 0.1) is 5.92 Å². The smallest absolute Gasteiger partial charge is 0.343 e. The Hall–Kier alpha value is -2.62. The highest BCUT2D eigenvalue weighted by molar-refractivity contribution is 5.91. The summed E-state index contributed by atoms with van der Waals surface area (Å²) in [5.74, 6) is -0.568. The molecule has 2 aromatic rings. The van der Waals surface area contributed by atoms with Crippen LogP contribution in [-0.2, 0) is 4.79 Å². The fourth-order valence-electron chi connectivity index (χ4n) is 1.73. The molecule has 0 bridgehead atoms. The predicted molar refractivity (Wildman–Crippen MR) is 82.9 cm³/mol. The van der Waals surface area contributed by atoms with Gasteiger partial charge in [0.1, 0.15) is 0 Å². The number of ether oxygens (including phenoxy) is 2. The number of carbonyl (C=O) groups excluding carboxylic acids is 2. The fraction of sp³-hybridized carbons (Fsp3) is 0.222. The largest absolute Gasteiger partial charge is 0.422 e. The molecule has 0 aliphatic rings. The van der Waals surface area contributed by atoms with Gasteiger partial charge in [-0.3, -0.25) is 4.79 Å². The third-order valence-corrected chi connectivity index (χ3v) is 3.29. The van der Waals surface area contributed by atoms with E-state index in [1.54, 1.807) is 55.5 Å². The van der Waals surface area contributed by atoms with Gasteiger partial charge in [-0.25, -0.2) is 4.79 Å². The average Bonchev–Trinajstić information content (AvgIpc) is 2.56. The van der Waals surface area contributed by atoms with Gasteiger partial charge in [0, 0.05) is 0 Å². The molecule has 2 aromatic carbocycles. The van der Waals surface area contributed by atoms with E-state index in [0.29, 0.717) is 12.0 Å². The van der Waals surface area contributed by atoms with E-state index in [4.69, 9.17) is 9.47 Å². The lowest BCUT2D eigenvalue weighted by Crippen LogP contribution is -2.18. The van der Waals surface area contributed by atoms with Crippen LogP contribution >= 0.6 is 0 Å². The topological polar surface area (TPSA) is 52.6 Å². The molecular formula is C18H18O4.